The van der Waals surface area contributed by atoms with Crippen molar-refractivity contribution in [2.45, 2.75) is 0 Å². The van der Waals surface area contributed by atoms with Crippen molar-refractivity contribution in [3.8, 4) is 5.75 Å². The first-order chi connectivity index (χ1) is 10.4. The van der Waals surface area contributed by atoms with Crippen LogP contribution < -0.4 is 15.4 Å². The molecule has 116 valence electrons. The highest BCUT2D eigenvalue weighted by atomic mass is 79.9. The van der Waals surface area contributed by atoms with Crippen molar-refractivity contribution in [3.63, 3.8) is 0 Å². The lowest BCUT2D eigenvalue weighted by molar-refractivity contribution is -0.129. The molecule has 3 amide bonds. The Bertz CT molecular complexity index is 660. The summed E-state index contributed by atoms with van der Waals surface area (Å²) in [6.07, 6.45) is 1.13. The first-order valence-corrected chi connectivity index (χ1v) is 7.13. The smallest absolute Gasteiger partial charge is 0.262 e. The molecule has 0 spiro atoms. The molecule has 0 aliphatic carbocycles. The van der Waals surface area contributed by atoms with Crippen molar-refractivity contribution < 1.29 is 19.1 Å². The number of hydrogen-bond donors (Lipinski definition) is 2. The van der Waals surface area contributed by atoms with Crippen LogP contribution in [0.1, 0.15) is 0 Å². The second-order valence-electron chi connectivity index (χ2n) is 4.61. The molecule has 1 heterocycles. The maximum absolute atomic E-state index is 12.0. The van der Waals surface area contributed by atoms with Crippen LogP contribution in [-0.4, -0.2) is 42.8 Å². The number of hydrogen-bond acceptors (Lipinski definition) is 4. The molecule has 2 N–H and O–H groups in total. The number of amides is 3. The summed E-state index contributed by atoms with van der Waals surface area (Å²) in [5.74, 6) is -0.607. The zero-order valence-electron chi connectivity index (χ0n) is 11.8. The zero-order chi connectivity index (χ0) is 16.3. The summed E-state index contributed by atoms with van der Waals surface area (Å²) in [5, 5.41) is 5.30. The molecule has 0 atom stereocenters. The molecular weight excluding hydrogens is 354 g/mol. The predicted octanol–water partition coefficient (Wildman–Crippen LogP) is 1.36. The van der Waals surface area contributed by atoms with E-state index in [-0.39, 0.29) is 25.0 Å². The van der Waals surface area contributed by atoms with Gasteiger partial charge in [0.2, 0.25) is 11.8 Å². The van der Waals surface area contributed by atoms with Gasteiger partial charge in [-0.05, 0) is 18.2 Å². The number of nitrogens with zero attached hydrogens (tertiary/aromatic N) is 1. The molecule has 0 aromatic heterocycles. The van der Waals surface area contributed by atoms with Crippen LogP contribution in [0, 0.1) is 0 Å². The van der Waals surface area contributed by atoms with E-state index in [0.717, 1.165) is 6.08 Å². The van der Waals surface area contributed by atoms with Gasteiger partial charge in [-0.1, -0.05) is 22.5 Å². The standard InChI is InChI=1S/C14H14BrN3O4/c1-3-13(21)18(2)6-11(19)16-9-4-8(15)5-10-14(9)17-12(20)7-22-10/h3-5H,1,6-7H2,2H3,(H,16,19)(H,17,20). The number of anilines is 2. The summed E-state index contributed by atoms with van der Waals surface area (Å²) in [6.45, 7) is 3.14. The monoisotopic (exact) mass is 367 g/mol. The molecule has 0 saturated carbocycles. The van der Waals surface area contributed by atoms with E-state index in [0.29, 0.717) is 21.6 Å². The van der Waals surface area contributed by atoms with Crippen LogP contribution in [0.5, 0.6) is 5.75 Å². The summed E-state index contributed by atoms with van der Waals surface area (Å²) in [4.78, 5) is 36.0. The molecule has 0 saturated heterocycles. The highest BCUT2D eigenvalue weighted by molar-refractivity contribution is 9.10. The molecule has 0 bridgehead atoms. The van der Waals surface area contributed by atoms with E-state index in [1.807, 2.05) is 0 Å². The van der Waals surface area contributed by atoms with Crippen LogP contribution in [0.2, 0.25) is 0 Å². The topological polar surface area (TPSA) is 87.7 Å². The van der Waals surface area contributed by atoms with E-state index in [1.54, 1.807) is 12.1 Å². The van der Waals surface area contributed by atoms with Gasteiger partial charge in [-0.25, -0.2) is 0 Å². The Kier molecular flexibility index (Phi) is 4.81. The van der Waals surface area contributed by atoms with Crippen LogP contribution in [0.15, 0.2) is 29.3 Å². The Morgan fingerprint density at radius 1 is 1.55 bits per heavy atom. The second-order valence-corrected chi connectivity index (χ2v) is 5.53. The Balaban J connectivity index is 2.17. The summed E-state index contributed by atoms with van der Waals surface area (Å²) >= 11 is 3.31. The van der Waals surface area contributed by atoms with Gasteiger partial charge in [-0.2, -0.15) is 0 Å². The normalized spacial score (nSPS) is 12.5. The third-order valence-electron chi connectivity index (χ3n) is 2.90. The van der Waals surface area contributed by atoms with Gasteiger partial charge >= 0.3 is 0 Å². The number of halogens is 1. The Hall–Kier alpha value is -2.35. The van der Waals surface area contributed by atoms with Crippen molar-refractivity contribution in [1.29, 1.82) is 0 Å². The van der Waals surface area contributed by atoms with Gasteiger partial charge in [-0.15, -0.1) is 0 Å². The molecule has 0 radical (unpaired) electrons. The number of carbonyl (C=O) groups is 3. The van der Waals surface area contributed by atoms with Gasteiger partial charge in [0.1, 0.15) is 11.4 Å². The van der Waals surface area contributed by atoms with E-state index in [1.165, 1.54) is 11.9 Å². The maximum Gasteiger partial charge on any atom is 0.262 e. The van der Waals surface area contributed by atoms with Gasteiger partial charge in [0.25, 0.3) is 5.91 Å². The molecule has 7 nitrogen and oxygen atoms in total. The average molecular weight is 368 g/mol. The minimum atomic E-state index is -0.405. The van der Waals surface area contributed by atoms with Crippen LogP contribution in [0.25, 0.3) is 0 Å². The number of carbonyl (C=O) groups excluding carboxylic acids is 3. The summed E-state index contributed by atoms with van der Waals surface area (Å²) in [5.41, 5.74) is 0.785. The third-order valence-corrected chi connectivity index (χ3v) is 3.35. The number of fused-ring (bicyclic) bond motifs is 1. The Labute approximate surface area is 135 Å². The fourth-order valence-electron chi connectivity index (χ4n) is 1.88. The Morgan fingerprint density at radius 3 is 2.95 bits per heavy atom. The van der Waals surface area contributed by atoms with Crippen molar-refractivity contribution >= 4 is 45.0 Å². The van der Waals surface area contributed by atoms with Gasteiger partial charge in [-0.3, -0.25) is 14.4 Å². The van der Waals surface area contributed by atoms with Gasteiger partial charge in [0, 0.05) is 11.5 Å². The lowest BCUT2D eigenvalue weighted by atomic mass is 10.2. The minimum Gasteiger partial charge on any atom is -0.481 e. The van der Waals surface area contributed by atoms with E-state index in [2.05, 4.69) is 33.1 Å². The predicted molar refractivity (Wildman–Crippen MR) is 84.7 cm³/mol. The van der Waals surface area contributed by atoms with Crippen LogP contribution in [0.3, 0.4) is 0 Å². The van der Waals surface area contributed by atoms with Crippen molar-refractivity contribution in [3.05, 3.63) is 29.3 Å². The number of benzene rings is 1. The number of nitrogens with one attached hydrogen (secondary N) is 2. The quantitative estimate of drug-likeness (QED) is 0.786. The number of likely N-dealkylation sites (N-methyl/N-ethyl adjacent to an activating group) is 1. The van der Waals surface area contributed by atoms with Crippen LogP contribution in [0.4, 0.5) is 11.4 Å². The lowest BCUT2D eigenvalue weighted by Crippen LogP contribution is -2.34. The van der Waals surface area contributed by atoms with E-state index in [9.17, 15) is 14.4 Å². The van der Waals surface area contributed by atoms with Gasteiger partial charge in [0.05, 0.1) is 12.2 Å². The molecule has 1 aliphatic heterocycles. The molecule has 0 unspecified atom stereocenters. The highest BCUT2D eigenvalue weighted by Gasteiger charge is 2.21. The molecular formula is C14H14BrN3O4. The van der Waals surface area contributed by atoms with Crippen molar-refractivity contribution in [2.75, 3.05) is 30.8 Å². The SMILES string of the molecule is C=CC(=O)N(C)CC(=O)Nc1cc(Br)cc2c1NC(=O)CO2. The highest BCUT2D eigenvalue weighted by Crippen LogP contribution is 2.38. The summed E-state index contributed by atoms with van der Waals surface area (Å²) in [7, 11) is 1.49. The molecule has 1 aliphatic rings. The Morgan fingerprint density at radius 2 is 2.27 bits per heavy atom. The first-order valence-electron chi connectivity index (χ1n) is 6.34. The largest absolute Gasteiger partial charge is 0.481 e. The number of ether oxygens (including phenoxy) is 1. The second kappa shape index (κ2) is 6.61. The summed E-state index contributed by atoms with van der Waals surface area (Å²) < 4.78 is 5.99. The fourth-order valence-corrected chi connectivity index (χ4v) is 2.32. The number of rotatable bonds is 4. The minimum absolute atomic E-state index is 0.0760. The summed E-state index contributed by atoms with van der Waals surface area (Å²) in [6, 6.07) is 3.33. The van der Waals surface area contributed by atoms with E-state index < -0.39 is 5.91 Å². The van der Waals surface area contributed by atoms with Gasteiger partial charge < -0.3 is 20.3 Å². The van der Waals surface area contributed by atoms with Crippen LogP contribution in [-0.2, 0) is 14.4 Å². The molecule has 1 aromatic rings. The van der Waals surface area contributed by atoms with E-state index >= 15 is 0 Å². The zero-order valence-corrected chi connectivity index (χ0v) is 13.4. The van der Waals surface area contributed by atoms with E-state index in [4.69, 9.17) is 4.74 Å². The maximum atomic E-state index is 12.0. The van der Waals surface area contributed by atoms with Gasteiger partial charge in [0.15, 0.2) is 6.61 Å². The van der Waals surface area contributed by atoms with Crippen molar-refractivity contribution in [2.24, 2.45) is 0 Å². The average Bonchev–Trinajstić information content (AvgIpc) is 2.46. The molecule has 8 heteroatoms. The molecule has 2 rings (SSSR count). The molecule has 0 fully saturated rings. The van der Waals surface area contributed by atoms with Crippen LogP contribution >= 0.6 is 15.9 Å². The fraction of sp³-hybridized carbons (Fsp3) is 0.214. The first kappa shape index (κ1) is 16.0. The third kappa shape index (κ3) is 3.64. The lowest BCUT2D eigenvalue weighted by Gasteiger charge is -2.22. The molecule has 1 aromatic carbocycles. The molecule has 22 heavy (non-hydrogen) atoms. The van der Waals surface area contributed by atoms with Crippen molar-refractivity contribution in [1.82, 2.24) is 4.90 Å².